The third-order valence-corrected chi connectivity index (χ3v) is 4.40. The number of hydrogen-bond acceptors (Lipinski definition) is 4. The van der Waals surface area contributed by atoms with Gasteiger partial charge in [0.25, 0.3) is 0 Å². The average molecular weight is 371 g/mol. The third-order valence-electron chi connectivity index (χ3n) is 4.07. The van der Waals surface area contributed by atoms with E-state index in [0.717, 1.165) is 11.3 Å². The van der Waals surface area contributed by atoms with Gasteiger partial charge >= 0.3 is 0 Å². The predicted molar refractivity (Wildman–Crippen MR) is 102 cm³/mol. The first-order valence-electron chi connectivity index (χ1n) is 8.19. The monoisotopic (exact) mass is 370 g/mol. The van der Waals surface area contributed by atoms with Crippen molar-refractivity contribution in [3.05, 3.63) is 65.6 Å². The largest absolute Gasteiger partial charge is 0.495 e. The van der Waals surface area contributed by atoms with E-state index in [1.165, 1.54) is 0 Å². The third kappa shape index (κ3) is 3.89. The normalized spacial score (nSPS) is 10.6. The molecule has 2 aromatic carbocycles. The van der Waals surface area contributed by atoms with E-state index < -0.39 is 0 Å². The van der Waals surface area contributed by atoms with Crippen LogP contribution in [0.5, 0.6) is 5.75 Å². The number of aryl methyl sites for hydroxylation is 1. The molecule has 0 aliphatic rings. The van der Waals surface area contributed by atoms with E-state index in [9.17, 15) is 4.79 Å². The Labute approximate surface area is 157 Å². The van der Waals surface area contributed by atoms with Crippen LogP contribution in [0.4, 0.5) is 5.69 Å². The molecular formula is C20H19ClN2O3. The highest BCUT2D eigenvalue weighted by Gasteiger charge is 2.16. The van der Waals surface area contributed by atoms with Crippen molar-refractivity contribution in [2.45, 2.75) is 12.8 Å². The highest BCUT2D eigenvalue weighted by atomic mass is 35.5. The number of carbonyl (C=O) groups is 1. The van der Waals surface area contributed by atoms with E-state index in [4.69, 9.17) is 20.8 Å². The number of oxazole rings is 1. The fraction of sp³-hybridized carbons (Fsp3) is 0.200. The Balaban J connectivity index is 1.66. The van der Waals surface area contributed by atoms with Gasteiger partial charge in [0.05, 0.1) is 24.0 Å². The van der Waals surface area contributed by atoms with Gasteiger partial charge in [0.15, 0.2) is 11.7 Å². The van der Waals surface area contributed by atoms with E-state index in [2.05, 4.69) is 4.98 Å². The Kier molecular flexibility index (Phi) is 5.58. The molecule has 0 aliphatic carbocycles. The number of carbonyl (C=O) groups excluding carboxylic acids is 1. The van der Waals surface area contributed by atoms with Crippen molar-refractivity contribution in [1.29, 1.82) is 0 Å². The van der Waals surface area contributed by atoms with Crippen molar-refractivity contribution in [2.75, 3.05) is 19.1 Å². The topological polar surface area (TPSA) is 55.6 Å². The number of nitrogens with zero attached hydrogens (tertiary/aromatic N) is 2. The SMILES string of the molecule is COc1ccccc1N(C)C(=O)CCc1ncc(-c2ccccc2Cl)o1. The predicted octanol–water partition coefficient (Wildman–Crippen LogP) is 4.60. The van der Waals surface area contributed by atoms with Gasteiger partial charge < -0.3 is 14.1 Å². The lowest BCUT2D eigenvalue weighted by atomic mass is 10.2. The summed E-state index contributed by atoms with van der Waals surface area (Å²) in [5.41, 5.74) is 1.51. The molecule has 0 aliphatic heterocycles. The standard InChI is InChI=1S/C20H19ClN2O3/c1-23(16-9-5-6-10-17(16)25-2)20(24)12-11-19-22-13-18(26-19)14-7-3-4-8-15(14)21/h3-10,13H,11-12H2,1-2H3. The molecule has 0 spiro atoms. The van der Waals surface area contributed by atoms with Crippen LogP contribution in [-0.2, 0) is 11.2 Å². The first kappa shape index (κ1) is 18.0. The number of hydrogen-bond donors (Lipinski definition) is 0. The quantitative estimate of drug-likeness (QED) is 0.636. The van der Waals surface area contributed by atoms with Crippen molar-refractivity contribution < 1.29 is 13.9 Å². The smallest absolute Gasteiger partial charge is 0.227 e. The summed E-state index contributed by atoms with van der Waals surface area (Å²) in [6, 6.07) is 14.8. The Bertz CT molecular complexity index is 907. The van der Waals surface area contributed by atoms with Gasteiger partial charge in [-0.15, -0.1) is 0 Å². The van der Waals surface area contributed by atoms with Gasteiger partial charge in [0.1, 0.15) is 5.75 Å². The second kappa shape index (κ2) is 8.06. The van der Waals surface area contributed by atoms with E-state index in [1.807, 2.05) is 42.5 Å². The van der Waals surface area contributed by atoms with Gasteiger partial charge in [-0.1, -0.05) is 35.9 Å². The lowest BCUT2D eigenvalue weighted by molar-refractivity contribution is -0.118. The van der Waals surface area contributed by atoms with E-state index in [0.29, 0.717) is 28.8 Å². The van der Waals surface area contributed by atoms with Crippen LogP contribution in [0.3, 0.4) is 0 Å². The maximum Gasteiger partial charge on any atom is 0.227 e. The first-order chi connectivity index (χ1) is 12.6. The average Bonchev–Trinajstić information content (AvgIpc) is 3.14. The molecule has 0 unspecified atom stereocenters. The van der Waals surface area contributed by atoms with Gasteiger partial charge in [-0.05, 0) is 24.3 Å². The highest BCUT2D eigenvalue weighted by molar-refractivity contribution is 6.33. The number of anilines is 1. The van der Waals surface area contributed by atoms with Crippen molar-refractivity contribution >= 4 is 23.2 Å². The van der Waals surface area contributed by atoms with Crippen LogP contribution in [0.15, 0.2) is 59.1 Å². The Morgan fingerprint density at radius 3 is 2.69 bits per heavy atom. The molecule has 0 bridgehead atoms. The molecule has 0 N–H and O–H groups in total. The van der Waals surface area contributed by atoms with Crippen LogP contribution in [0, 0.1) is 0 Å². The minimum atomic E-state index is -0.0491. The molecule has 134 valence electrons. The van der Waals surface area contributed by atoms with Gasteiger partial charge in [0.2, 0.25) is 5.91 Å². The number of rotatable bonds is 6. The highest BCUT2D eigenvalue weighted by Crippen LogP contribution is 2.29. The van der Waals surface area contributed by atoms with Crippen LogP contribution in [0.2, 0.25) is 5.02 Å². The van der Waals surface area contributed by atoms with Crippen LogP contribution >= 0.6 is 11.6 Å². The first-order valence-corrected chi connectivity index (χ1v) is 8.57. The number of aromatic nitrogens is 1. The Morgan fingerprint density at radius 2 is 1.92 bits per heavy atom. The fourth-order valence-corrected chi connectivity index (χ4v) is 2.86. The van der Waals surface area contributed by atoms with Crippen molar-refractivity contribution in [3.8, 4) is 17.1 Å². The molecule has 26 heavy (non-hydrogen) atoms. The number of para-hydroxylation sites is 2. The molecule has 3 aromatic rings. The second-order valence-corrected chi connectivity index (χ2v) is 6.13. The minimum absolute atomic E-state index is 0.0491. The molecule has 0 atom stereocenters. The molecule has 1 aromatic heterocycles. The Hall–Kier alpha value is -2.79. The van der Waals surface area contributed by atoms with Gasteiger partial charge in [-0.2, -0.15) is 0 Å². The molecule has 0 saturated heterocycles. The van der Waals surface area contributed by atoms with E-state index in [-0.39, 0.29) is 12.3 Å². The van der Waals surface area contributed by atoms with Crippen LogP contribution < -0.4 is 9.64 Å². The lowest BCUT2D eigenvalue weighted by Crippen LogP contribution is -2.26. The lowest BCUT2D eigenvalue weighted by Gasteiger charge is -2.19. The van der Waals surface area contributed by atoms with E-state index >= 15 is 0 Å². The number of methoxy groups -OCH3 is 1. The van der Waals surface area contributed by atoms with Crippen molar-refractivity contribution in [2.24, 2.45) is 0 Å². The summed E-state index contributed by atoms with van der Waals surface area (Å²) in [6.07, 6.45) is 2.31. The molecular weight excluding hydrogens is 352 g/mol. The molecule has 6 heteroatoms. The molecule has 0 saturated carbocycles. The molecule has 1 heterocycles. The summed E-state index contributed by atoms with van der Waals surface area (Å²) in [5.74, 6) is 1.70. The zero-order valence-corrected chi connectivity index (χ0v) is 15.4. The number of amides is 1. The number of halogens is 1. The maximum absolute atomic E-state index is 12.5. The summed E-state index contributed by atoms with van der Waals surface area (Å²) in [4.78, 5) is 18.3. The summed E-state index contributed by atoms with van der Waals surface area (Å²) in [6.45, 7) is 0. The van der Waals surface area contributed by atoms with Gasteiger partial charge in [0, 0.05) is 25.5 Å². The second-order valence-electron chi connectivity index (χ2n) is 5.72. The fourth-order valence-electron chi connectivity index (χ4n) is 2.63. The summed E-state index contributed by atoms with van der Waals surface area (Å²) >= 11 is 6.17. The van der Waals surface area contributed by atoms with Gasteiger partial charge in [-0.25, -0.2) is 4.98 Å². The summed E-state index contributed by atoms with van der Waals surface area (Å²) in [7, 11) is 3.31. The zero-order chi connectivity index (χ0) is 18.5. The number of ether oxygens (including phenoxy) is 1. The van der Waals surface area contributed by atoms with E-state index in [1.54, 1.807) is 31.3 Å². The number of benzene rings is 2. The molecule has 1 amide bonds. The Morgan fingerprint density at radius 1 is 1.19 bits per heavy atom. The van der Waals surface area contributed by atoms with Crippen molar-refractivity contribution in [3.63, 3.8) is 0 Å². The maximum atomic E-state index is 12.5. The summed E-state index contributed by atoms with van der Waals surface area (Å²) in [5, 5.41) is 0.599. The minimum Gasteiger partial charge on any atom is -0.495 e. The van der Waals surface area contributed by atoms with Crippen LogP contribution in [0.25, 0.3) is 11.3 Å². The van der Waals surface area contributed by atoms with Gasteiger partial charge in [-0.3, -0.25) is 4.79 Å². The molecule has 0 radical (unpaired) electrons. The zero-order valence-electron chi connectivity index (χ0n) is 14.6. The molecule has 0 fully saturated rings. The van der Waals surface area contributed by atoms with Crippen molar-refractivity contribution in [1.82, 2.24) is 4.98 Å². The van der Waals surface area contributed by atoms with Crippen LogP contribution in [0.1, 0.15) is 12.3 Å². The molecule has 3 rings (SSSR count). The summed E-state index contributed by atoms with van der Waals surface area (Å²) < 4.78 is 11.0. The van der Waals surface area contributed by atoms with Crippen LogP contribution in [-0.4, -0.2) is 25.0 Å². The molecule has 5 nitrogen and oxygen atoms in total.